The number of hydrogen-bond donors (Lipinski definition) is 1. The number of hydrogen-bond acceptors (Lipinski definition) is 3. The van der Waals surface area contributed by atoms with Crippen LogP contribution in [0.5, 0.6) is 0 Å². The largest absolute Gasteiger partial charge is 0.469 e. The fraction of sp³-hybridized carbons (Fsp3) is 0.400. The molecule has 0 unspecified atom stereocenters. The van der Waals surface area contributed by atoms with Crippen LogP contribution in [0.3, 0.4) is 0 Å². The fourth-order valence-electron chi connectivity index (χ4n) is 1.35. The summed E-state index contributed by atoms with van der Waals surface area (Å²) in [5.41, 5.74) is -4.87. The Labute approximate surface area is 103 Å². The summed E-state index contributed by atoms with van der Waals surface area (Å²) in [7, 11) is 0.961. The molecule has 19 heavy (non-hydrogen) atoms. The van der Waals surface area contributed by atoms with E-state index < -0.39 is 47.4 Å². The minimum atomic E-state index is -4.97. The lowest BCUT2D eigenvalue weighted by molar-refractivity contribution is -0.141. The number of nitrogens with one attached hydrogen (secondary N) is 1. The smallest absolute Gasteiger partial charge is 0.431 e. The van der Waals surface area contributed by atoms with Gasteiger partial charge in [0.15, 0.2) is 5.43 Å². The number of methoxy groups -OCH3 is 1. The van der Waals surface area contributed by atoms with E-state index in [-0.39, 0.29) is 6.07 Å². The molecule has 1 N–H and O–H groups in total. The number of halogens is 5. The molecule has 0 bridgehead atoms. The van der Waals surface area contributed by atoms with Gasteiger partial charge >= 0.3 is 12.1 Å². The number of esters is 1. The number of aromatic nitrogens is 1. The highest BCUT2D eigenvalue weighted by Crippen LogP contribution is 2.29. The minimum Gasteiger partial charge on any atom is -0.469 e. The zero-order chi connectivity index (χ0) is 14.8. The van der Waals surface area contributed by atoms with Crippen molar-refractivity contribution in [3.8, 4) is 0 Å². The van der Waals surface area contributed by atoms with E-state index in [4.69, 9.17) is 0 Å². The minimum absolute atomic E-state index is 0.129. The molecule has 0 aliphatic rings. The van der Waals surface area contributed by atoms with Gasteiger partial charge in [-0.3, -0.25) is 9.59 Å². The van der Waals surface area contributed by atoms with Crippen LogP contribution in [0.2, 0.25) is 0 Å². The van der Waals surface area contributed by atoms with E-state index in [1.807, 2.05) is 0 Å². The molecular formula is C10H8F5NO3. The number of carbonyl (C=O) groups excluding carboxylic acids is 1. The Kier molecular flexibility index (Phi) is 4.28. The predicted molar refractivity (Wildman–Crippen MR) is 52.7 cm³/mol. The lowest BCUT2D eigenvalue weighted by Crippen LogP contribution is -2.23. The van der Waals surface area contributed by atoms with Gasteiger partial charge in [0.05, 0.1) is 19.2 Å². The lowest BCUT2D eigenvalue weighted by Gasteiger charge is -2.12. The van der Waals surface area contributed by atoms with Crippen molar-refractivity contribution in [1.82, 2.24) is 4.98 Å². The van der Waals surface area contributed by atoms with Crippen molar-refractivity contribution in [1.29, 1.82) is 0 Å². The van der Waals surface area contributed by atoms with Crippen LogP contribution in [0.4, 0.5) is 22.0 Å². The zero-order valence-electron chi connectivity index (χ0n) is 9.48. The highest BCUT2D eigenvalue weighted by molar-refractivity contribution is 5.72. The molecule has 1 heterocycles. The average Bonchev–Trinajstić information content (AvgIpc) is 2.29. The van der Waals surface area contributed by atoms with Crippen molar-refractivity contribution in [2.75, 3.05) is 7.11 Å². The summed E-state index contributed by atoms with van der Waals surface area (Å²) in [5, 5.41) is 0. The van der Waals surface area contributed by atoms with Gasteiger partial charge < -0.3 is 9.72 Å². The molecule has 1 aromatic heterocycles. The molecule has 9 heteroatoms. The van der Waals surface area contributed by atoms with Gasteiger partial charge in [-0.25, -0.2) is 8.78 Å². The van der Waals surface area contributed by atoms with Crippen molar-refractivity contribution >= 4 is 5.97 Å². The molecule has 0 saturated carbocycles. The van der Waals surface area contributed by atoms with Gasteiger partial charge in [-0.05, 0) is 0 Å². The number of alkyl halides is 5. The highest BCUT2D eigenvalue weighted by Gasteiger charge is 2.34. The Balaban J connectivity index is 3.40. The molecule has 0 saturated heterocycles. The quantitative estimate of drug-likeness (QED) is 0.683. The maximum Gasteiger partial charge on any atom is 0.431 e. The number of ether oxygens (including phenoxy) is 1. The van der Waals surface area contributed by atoms with E-state index in [0.29, 0.717) is 0 Å². The summed E-state index contributed by atoms with van der Waals surface area (Å²) in [5.74, 6) is -1.01. The van der Waals surface area contributed by atoms with Gasteiger partial charge in [-0.1, -0.05) is 0 Å². The van der Waals surface area contributed by atoms with Crippen LogP contribution in [-0.2, 0) is 22.1 Å². The van der Waals surface area contributed by atoms with E-state index in [1.165, 1.54) is 4.98 Å². The second-order valence-corrected chi connectivity index (χ2v) is 3.49. The fourth-order valence-corrected chi connectivity index (χ4v) is 1.35. The Morgan fingerprint density at radius 3 is 2.42 bits per heavy atom. The maximum atomic E-state index is 12.6. The topological polar surface area (TPSA) is 59.2 Å². The van der Waals surface area contributed by atoms with Crippen LogP contribution in [0, 0.1) is 0 Å². The Morgan fingerprint density at radius 1 is 1.42 bits per heavy atom. The molecule has 0 aliphatic heterocycles. The summed E-state index contributed by atoms with van der Waals surface area (Å²) in [6, 6.07) is 0.129. The van der Waals surface area contributed by atoms with E-state index in [1.54, 1.807) is 0 Å². The van der Waals surface area contributed by atoms with Crippen molar-refractivity contribution in [3.05, 3.63) is 33.2 Å². The molecule has 0 fully saturated rings. The molecule has 106 valence electrons. The first-order valence-electron chi connectivity index (χ1n) is 4.85. The van der Waals surface area contributed by atoms with Crippen molar-refractivity contribution in [2.24, 2.45) is 0 Å². The van der Waals surface area contributed by atoms with Gasteiger partial charge in [0, 0.05) is 11.6 Å². The first kappa shape index (κ1) is 15.1. The second kappa shape index (κ2) is 5.37. The Bertz CT molecular complexity index is 535. The molecule has 0 aliphatic carbocycles. The highest BCUT2D eigenvalue weighted by atomic mass is 19.4. The molecule has 4 nitrogen and oxygen atoms in total. The lowest BCUT2D eigenvalue weighted by atomic mass is 10.1. The summed E-state index contributed by atoms with van der Waals surface area (Å²) in [4.78, 5) is 23.8. The van der Waals surface area contributed by atoms with Crippen molar-refractivity contribution < 1.29 is 31.5 Å². The summed E-state index contributed by atoms with van der Waals surface area (Å²) in [6.45, 7) is 0. The molecule has 0 atom stereocenters. The predicted octanol–water partition coefficient (Wildman–Crippen LogP) is 2.05. The molecule has 0 radical (unpaired) electrons. The first-order chi connectivity index (χ1) is 8.66. The molecule has 1 rings (SSSR count). The average molecular weight is 285 g/mol. The Hall–Kier alpha value is -1.93. The summed E-state index contributed by atoms with van der Waals surface area (Å²) in [6.07, 6.45) is -9.15. The first-order valence-corrected chi connectivity index (χ1v) is 4.85. The number of rotatable bonds is 3. The maximum absolute atomic E-state index is 12.6. The van der Waals surface area contributed by atoms with Crippen LogP contribution in [0.1, 0.15) is 23.4 Å². The van der Waals surface area contributed by atoms with Crippen LogP contribution >= 0.6 is 0 Å². The van der Waals surface area contributed by atoms with E-state index >= 15 is 0 Å². The summed E-state index contributed by atoms with van der Waals surface area (Å²) >= 11 is 0. The molecular weight excluding hydrogens is 277 g/mol. The third-order valence-electron chi connectivity index (χ3n) is 2.24. The van der Waals surface area contributed by atoms with Crippen molar-refractivity contribution in [2.45, 2.75) is 19.0 Å². The number of H-pyrrole nitrogens is 1. The third-order valence-corrected chi connectivity index (χ3v) is 2.24. The van der Waals surface area contributed by atoms with E-state index in [0.717, 1.165) is 7.11 Å². The standard InChI is InChI=1S/C10H8F5NO3/c1-19-7(18)2-4-5(17)3-6(10(13,14)15)16-8(4)9(11)12/h3,9H,2H2,1H3,(H,16,17). The van der Waals surface area contributed by atoms with Gasteiger partial charge in [-0.2, -0.15) is 13.2 Å². The van der Waals surface area contributed by atoms with Gasteiger partial charge in [0.1, 0.15) is 5.69 Å². The molecule has 1 aromatic rings. The van der Waals surface area contributed by atoms with Crippen LogP contribution in [-0.4, -0.2) is 18.1 Å². The van der Waals surface area contributed by atoms with Crippen molar-refractivity contribution in [3.63, 3.8) is 0 Å². The third kappa shape index (κ3) is 3.52. The zero-order valence-corrected chi connectivity index (χ0v) is 9.48. The van der Waals surface area contributed by atoms with Crippen LogP contribution in [0.15, 0.2) is 10.9 Å². The Morgan fingerprint density at radius 2 is 2.00 bits per heavy atom. The monoisotopic (exact) mass is 285 g/mol. The number of pyridine rings is 1. The molecule has 0 aromatic carbocycles. The molecule has 0 spiro atoms. The SMILES string of the molecule is COC(=O)Cc1c(C(F)F)[nH]c(C(F)(F)F)cc1=O. The number of carbonyl (C=O) groups is 1. The number of aromatic amines is 1. The van der Waals surface area contributed by atoms with Gasteiger partial charge in [0.25, 0.3) is 6.43 Å². The molecule has 0 amide bonds. The van der Waals surface area contributed by atoms with E-state index in [2.05, 4.69) is 4.74 Å². The normalized spacial score (nSPS) is 11.7. The second-order valence-electron chi connectivity index (χ2n) is 3.49. The van der Waals surface area contributed by atoms with Crippen LogP contribution < -0.4 is 5.43 Å². The van der Waals surface area contributed by atoms with E-state index in [9.17, 15) is 31.5 Å². The van der Waals surface area contributed by atoms with Gasteiger partial charge in [-0.15, -0.1) is 0 Å². The van der Waals surface area contributed by atoms with Crippen LogP contribution in [0.25, 0.3) is 0 Å². The summed E-state index contributed by atoms with van der Waals surface area (Å²) < 4.78 is 66.6. The van der Waals surface area contributed by atoms with Gasteiger partial charge in [0.2, 0.25) is 0 Å².